The second-order valence-electron chi connectivity index (χ2n) is 4.41. The van der Waals surface area contributed by atoms with Crippen LogP contribution in [0.5, 0.6) is 0 Å². The number of nitrogens with two attached hydrogens (primary N) is 1. The minimum absolute atomic E-state index is 0.278. The lowest BCUT2D eigenvalue weighted by molar-refractivity contribution is 0.103. The first kappa shape index (κ1) is 9.01. The van der Waals surface area contributed by atoms with Crippen LogP contribution in [0.2, 0.25) is 0 Å². The Morgan fingerprint density at radius 2 is 2.00 bits per heavy atom. The van der Waals surface area contributed by atoms with Gasteiger partial charge in [0.25, 0.3) is 0 Å². The summed E-state index contributed by atoms with van der Waals surface area (Å²) in [5.74, 6) is 0. The van der Waals surface area contributed by atoms with Crippen LogP contribution in [0.3, 0.4) is 0 Å². The van der Waals surface area contributed by atoms with Crippen molar-refractivity contribution in [3.8, 4) is 0 Å². The van der Waals surface area contributed by atoms with Gasteiger partial charge >= 0.3 is 0 Å². The van der Waals surface area contributed by atoms with E-state index in [1.807, 2.05) is 0 Å². The summed E-state index contributed by atoms with van der Waals surface area (Å²) in [6.07, 6.45) is 1.37. The molecule has 0 aromatic rings. The molecule has 0 saturated carbocycles. The van der Waals surface area contributed by atoms with Crippen molar-refractivity contribution < 1.29 is 0 Å². The Kier molecular flexibility index (Phi) is 2.55. The smallest absolute Gasteiger partial charge is 0.00739 e. The zero-order chi connectivity index (χ0) is 8.48. The van der Waals surface area contributed by atoms with E-state index < -0.39 is 0 Å². The van der Waals surface area contributed by atoms with E-state index in [0.29, 0.717) is 6.04 Å². The third-order valence-corrected chi connectivity index (χ3v) is 2.81. The summed E-state index contributed by atoms with van der Waals surface area (Å²) in [7, 11) is 0. The molecule has 1 unspecified atom stereocenters. The van der Waals surface area contributed by atoms with Gasteiger partial charge in [-0.25, -0.2) is 0 Å². The van der Waals surface area contributed by atoms with E-state index in [-0.39, 0.29) is 5.41 Å². The summed E-state index contributed by atoms with van der Waals surface area (Å²) < 4.78 is 0. The maximum absolute atomic E-state index is 5.87. The molecule has 0 amide bonds. The van der Waals surface area contributed by atoms with Crippen LogP contribution in [0.25, 0.3) is 0 Å². The normalized spacial score (nSPS) is 22.9. The number of hydrogen-bond acceptors (Lipinski definition) is 2. The topological polar surface area (TPSA) is 29.3 Å². The van der Waals surface area contributed by atoms with Gasteiger partial charge in [0.1, 0.15) is 0 Å². The third-order valence-electron chi connectivity index (χ3n) is 2.81. The van der Waals surface area contributed by atoms with E-state index in [1.165, 1.54) is 19.5 Å². The molecule has 1 saturated heterocycles. The zero-order valence-corrected chi connectivity index (χ0v) is 7.93. The predicted molar refractivity (Wildman–Crippen MR) is 48.5 cm³/mol. The molecule has 2 N–H and O–H groups in total. The van der Waals surface area contributed by atoms with Crippen molar-refractivity contribution in [2.45, 2.75) is 33.2 Å². The molecular weight excluding hydrogens is 136 g/mol. The number of rotatable bonds is 3. The first-order chi connectivity index (χ1) is 5.02. The quantitative estimate of drug-likeness (QED) is 0.662. The lowest BCUT2D eigenvalue weighted by atomic mass is 9.84. The molecular formula is C9H20N2. The van der Waals surface area contributed by atoms with Gasteiger partial charge in [-0.1, -0.05) is 13.8 Å². The molecule has 11 heavy (non-hydrogen) atoms. The van der Waals surface area contributed by atoms with Gasteiger partial charge in [0.15, 0.2) is 0 Å². The van der Waals surface area contributed by atoms with E-state index in [2.05, 4.69) is 25.7 Å². The van der Waals surface area contributed by atoms with Crippen LogP contribution < -0.4 is 5.73 Å². The molecule has 1 heterocycles. The van der Waals surface area contributed by atoms with Crippen LogP contribution in [-0.2, 0) is 0 Å². The van der Waals surface area contributed by atoms with E-state index >= 15 is 0 Å². The first-order valence-corrected chi connectivity index (χ1v) is 4.50. The third kappa shape index (κ3) is 2.17. The highest BCUT2D eigenvalue weighted by Crippen LogP contribution is 2.22. The Balaban J connectivity index is 2.32. The monoisotopic (exact) mass is 156 g/mol. The van der Waals surface area contributed by atoms with E-state index in [0.717, 1.165) is 6.54 Å². The second-order valence-corrected chi connectivity index (χ2v) is 4.41. The molecule has 0 radical (unpaired) electrons. The van der Waals surface area contributed by atoms with Gasteiger partial charge in [0.05, 0.1) is 0 Å². The summed E-state index contributed by atoms with van der Waals surface area (Å²) in [4.78, 5) is 2.48. The number of hydrogen-bond donors (Lipinski definition) is 1. The summed E-state index contributed by atoms with van der Waals surface area (Å²) >= 11 is 0. The van der Waals surface area contributed by atoms with Gasteiger partial charge in [0.2, 0.25) is 0 Å². The Hall–Kier alpha value is -0.0800. The maximum atomic E-state index is 5.87. The predicted octanol–water partition coefficient (Wildman–Crippen LogP) is 1.07. The molecule has 1 rings (SSSR count). The fourth-order valence-corrected chi connectivity index (χ4v) is 1.26. The van der Waals surface area contributed by atoms with Crippen molar-refractivity contribution in [3.05, 3.63) is 0 Å². The summed E-state index contributed by atoms with van der Waals surface area (Å²) in [6.45, 7) is 10.3. The summed E-state index contributed by atoms with van der Waals surface area (Å²) in [5, 5.41) is 0. The molecule has 2 heteroatoms. The minimum Gasteiger partial charge on any atom is -0.327 e. The van der Waals surface area contributed by atoms with Gasteiger partial charge < -0.3 is 10.6 Å². The molecule has 1 atom stereocenters. The standard InChI is InChI=1S/C9H20N2/c1-8(10)9(2,3)7-11-5-4-6-11/h8H,4-7,10H2,1-3H3. The SMILES string of the molecule is CC(N)C(C)(C)CN1CCC1. The molecule has 1 aliphatic rings. The summed E-state index contributed by atoms with van der Waals surface area (Å²) in [6, 6.07) is 0.295. The highest BCUT2D eigenvalue weighted by molar-refractivity contribution is 4.83. The van der Waals surface area contributed by atoms with E-state index in [9.17, 15) is 0 Å². The second kappa shape index (κ2) is 3.11. The van der Waals surface area contributed by atoms with Crippen molar-refractivity contribution in [2.75, 3.05) is 19.6 Å². The molecule has 1 aliphatic heterocycles. The molecule has 0 aromatic heterocycles. The molecule has 0 aromatic carbocycles. The fraction of sp³-hybridized carbons (Fsp3) is 1.00. The largest absolute Gasteiger partial charge is 0.327 e. The number of nitrogens with zero attached hydrogens (tertiary/aromatic N) is 1. The van der Waals surface area contributed by atoms with E-state index in [1.54, 1.807) is 0 Å². The molecule has 2 nitrogen and oxygen atoms in total. The molecule has 0 bridgehead atoms. The Labute approximate surface area is 69.8 Å². The van der Waals surface area contributed by atoms with Crippen molar-refractivity contribution in [2.24, 2.45) is 11.1 Å². The average Bonchev–Trinajstić information content (AvgIpc) is 1.79. The molecule has 0 aliphatic carbocycles. The first-order valence-electron chi connectivity index (χ1n) is 4.50. The van der Waals surface area contributed by atoms with Crippen LogP contribution >= 0.6 is 0 Å². The van der Waals surface area contributed by atoms with E-state index in [4.69, 9.17) is 5.73 Å². The molecule has 1 fully saturated rings. The maximum Gasteiger partial charge on any atom is 0.00739 e. The van der Waals surface area contributed by atoms with Crippen molar-refractivity contribution in [1.82, 2.24) is 4.90 Å². The van der Waals surface area contributed by atoms with Crippen molar-refractivity contribution in [3.63, 3.8) is 0 Å². The van der Waals surface area contributed by atoms with Crippen LogP contribution in [0.4, 0.5) is 0 Å². The zero-order valence-electron chi connectivity index (χ0n) is 7.93. The Morgan fingerprint density at radius 3 is 2.27 bits per heavy atom. The van der Waals surface area contributed by atoms with Gasteiger partial charge in [-0.2, -0.15) is 0 Å². The lowest BCUT2D eigenvalue weighted by Crippen LogP contribution is -2.48. The van der Waals surface area contributed by atoms with Gasteiger partial charge in [0, 0.05) is 12.6 Å². The van der Waals surface area contributed by atoms with Gasteiger partial charge in [-0.3, -0.25) is 0 Å². The Morgan fingerprint density at radius 1 is 1.45 bits per heavy atom. The van der Waals surface area contributed by atoms with Crippen molar-refractivity contribution in [1.29, 1.82) is 0 Å². The highest BCUT2D eigenvalue weighted by Gasteiger charge is 2.27. The molecule has 66 valence electrons. The van der Waals surface area contributed by atoms with Crippen LogP contribution in [0.1, 0.15) is 27.2 Å². The van der Waals surface area contributed by atoms with Gasteiger partial charge in [-0.05, 0) is 31.8 Å². The molecule has 0 spiro atoms. The van der Waals surface area contributed by atoms with Crippen LogP contribution in [0, 0.1) is 5.41 Å². The summed E-state index contributed by atoms with van der Waals surface area (Å²) in [5.41, 5.74) is 6.15. The Bertz CT molecular complexity index is 126. The minimum atomic E-state index is 0.278. The van der Waals surface area contributed by atoms with Crippen LogP contribution in [-0.4, -0.2) is 30.6 Å². The fourth-order valence-electron chi connectivity index (χ4n) is 1.26. The number of likely N-dealkylation sites (tertiary alicyclic amines) is 1. The van der Waals surface area contributed by atoms with Crippen molar-refractivity contribution >= 4 is 0 Å². The lowest BCUT2D eigenvalue weighted by Gasteiger charge is -2.39. The average molecular weight is 156 g/mol. The van der Waals surface area contributed by atoms with Crippen LogP contribution in [0.15, 0.2) is 0 Å². The highest BCUT2D eigenvalue weighted by atomic mass is 15.2. The van der Waals surface area contributed by atoms with Gasteiger partial charge in [-0.15, -0.1) is 0 Å².